The molecule has 1 heterocycles. The van der Waals surface area contributed by atoms with Gasteiger partial charge in [0.15, 0.2) is 5.58 Å². The molecule has 0 fully saturated rings. The average molecular weight is 190 g/mol. The number of para-hydroxylation sites is 1. The first-order chi connectivity index (χ1) is 6.48. The van der Waals surface area contributed by atoms with Crippen molar-refractivity contribution in [1.82, 2.24) is 4.98 Å². The molecule has 0 amide bonds. The smallest absolute Gasteiger partial charge is 0.200 e. The Hall–Kier alpha value is -1.51. The van der Waals surface area contributed by atoms with E-state index < -0.39 is 0 Å². The zero-order valence-corrected chi connectivity index (χ0v) is 8.66. The third kappa shape index (κ3) is 1.35. The summed E-state index contributed by atoms with van der Waals surface area (Å²) < 4.78 is 5.63. The molecule has 3 nitrogen and oxygen atoms in total. The molecule has 2 aromatic rings. The Labute approximate surface area is 82.9 Å². The van der Waals surface area contributed by atoms with Gasteiger partial charge in [0.25, 0.3) is 0 Å². The minimum Gasteiger partial charge on any atom is -0.438 e. The predicted molar refractivity (Wildman–Crippen MR) is 57.1 cm³/mol. The average Bonchev–Trinajstić information content (AvgIpc) is 2.48. The molecule has 0 spiro atoms. The van der Waals surface area contributed by atoms with Crippen molar-refractivity contribution in [1.29, 1.82) is 0 Å². The molecule has 0 radical (unpaired) electrons. The fourth-order valence-electron chi connectivity index (χ4n) is 1.29. The van der Waals surface area contributed by atoms with E-state index in [-0.39, 0.29) is 5.41 Å². The highest BCUT2D eigenvalue weighted by Crippen LogP contribution is 2.28. The summed E-state index contributed by atoms with van der Waals surface area (Å²) in [5, 5.41) is 0. The molecule has 2 rings (SSSR count). The Balaban J connectivity index is 2.69. The van der Waals surface area contributed by atoms with Gasteiger partial charge in [0.2, 0.25) is 5.89 Å². The number of hydrogen-bond acceptors (Lipinski definition) is 3. The summed E-state index contributed by atoms with van der Waals surface area (Å²) >= 11 is 0. The van der Waals surface area contributed by atoms with Gasteiger partial charge in [-0.15, -0.1) is 0 Å². The fourth-order valence-corrected chi connectivity index (χ4v) is 1.29. The molecule has 14 heavy (non-hydrogen) atoms. The van der Waals surface area contributed by atoms with Crippen LogP contribution in [0.25, 0.3) is 11.1 Å². The zero-order chi connectivity index (χ0) is 10.3. The number of anilines is 1. The van der Waals surface area contributed by atoms with Crippen LogP contribution in [-0.2, 0) is 5.41 Å². The van der Waals surface area contributed by atoms with Crippen LogP contribution in [-0.4, -0.2) is 4.98 Å². The van der Waals surface area contributed by atoms with Gasteiger partial charge in [0.05, 0.1) is 5.69 Å². The maximum absolute atomic E-state index is 5.78. The lowest BCUT2D eigenvalue weighted by Crippen LogP contribution is -2.10. The summed E-state index contributed by atoms with van der Waals surface area (Å²) in [5.74, 6) is 0.727. The Bertz CT molecular complexity index is 466. The third-order valence-electron chi connectivity index (χ3n) is 2.09. The van der Waals surface area contributed by atoms with Crippen molar-refractivity contribution in [2.45, 2.75) is 26.2 Å². The number of fused-ring (bicyclic) bond motifs is 1. The topological polar surface area (TPSA) is 52.0 Å². The minimum absolute atomic E-state index is 0.0779. The maximum atomic E-state index is 5.78. The normalized spacial score (nSPS) is 12.2. The van der Waals surface area contributed by atoms with E-state index in [2.05, 4.69) is 25.8 Å². The number of hydrogen-bond donors (Lipinski definition) is 1. The van der Waals surface area contributed by atoms with Crippen molar-refractivity contribution in [3.05, 3.63) is 24.1 Å². The van der Waals surface area contributed by atoms with E-state index in [1.54, 1.807) is 0 Å². The number of benzene rings is 1. The van der Waals surface area contributed by atoms with E-state index in [1.165, 1.54) is 0 Å². The molecule has 2 N–H and O–H groups in total. The number of nitrogen functional groups attached to an aromatic ring is 1. The van der Waals surface area contributed by atoms with E-state index in [1.807, 2.05) is 18.2 Å². The van der Waals surface area contributed by atoms with Crippen LogP contribution in [0.15, 0.2) is 22.6 Å². The molecule has 1 aromatic carbocycles. The molecule has 74 valence electrons. The Kier molecular flexibility index (Phi) is 1.77. The molecule has 3 heteroatoms. The van der Waals surface area contributed by atoms with E-state index in [4.69, 9.17) is 10.2 Å². The highest BCUT2D eigenvalue weighted by Gasteiger charge is 2.21. The van der Waals surface area contributed by atoms with E-state index in [9.17, 15) is 0 Å². The molecule has 0 saturated heterocycles. The Morgan fingerprint density at radius 2 is 2.00 bits per heavy atom. The first-order valence-corrected chi connectivity index (χ1v) is 4.64. The van der Waals surface area contributed by atoms with Crippen LogP contribution in [0.4, 0.5) is 5.69 Å². The van der Waals surface area contributed by atoms with Crippen molar-refractivity contribution in [3.8, 4) is 0 Å². The van der Waals surface area contributed by atoms with Gasteiger partial charge in [-0.25, -0.2) is 4.98 Å². The highest BCUT2D eigenvalue weighted by molar-refractivity contribution is 5.84. The summed E-state index contributed by atoms with van der Waals surface area (Å²) in [6, 6.07) is 5.61. The molecule has 0 aliphatic carbocycles. The highest BCUT2D eigenvalue weighted by atomic mass is 16.3. The number of rotatable bonds is 0. The lowest BCUT2D eigenvalue weighted by atomic mass is 9.97. The van der Waals surface area contributed by atoms with E-state index in [0.717, 1.165) is 11.4 Å². The summed E-state index contributed by atoms with van der Waals surface area (Å²) in [6.07, 6.45) is 0. The first-order valence-electron chi connectivity index (χ1n) is 4.64. The van der Waals surface area contributed by atoms with Gasteiger partial charge < -0.3 is 10.2 Å². The van der Waals surface area contributed by atoms with Gasteiger partial charge in [-0.05, 0) is 12.1 Å². The minimum atomic E-state index is -0.0779. The van der Waals surface area contributed by atoms with Crippen LogP contribution < -0.4 is 5.73 Å². The molecule has 1 aromatic heterocycles. The summed E-state index contributed by atoms with van der Waals surface area (Å²) in [5.41, 5.74) is 7.87. The van der Waals surface area contributed by atoms with Crippen LogP contribution in [0.1, 0.15) is 26.7 Å². The van der Waals surface area contributed by atoms with Gasteiger partial charge in [0, 0.05) is 5.41 Å². The quantitative estimate of drug-likeness (QED) is 0.650. The van der Waals surface area contributed by atoms with Gasteiger partial charge in [-0.2, -0.15) is 0 Å². The number of nitrogens with zero attached hydrogens (tertiary/aromatic N) is 1. The second kappa shape index (κ2) is 2.74. The predicted octanol–water partition coefficient (Wildman–Crippen LogP) is 2.71. The van der Waals surface area contributed by atoms with Gasteiger partial charge in [-0.1, -0.05) is 26.8 Å². The second-order valence-electron chi connectivity index (χ2n) is 4.46. The first kappa shape index (κ1) is 9.06. The van der Waals surface area contributed by atoms with Crippen LogP contribution in [0.5, 0.6) is 0 Å². The molecule has 0 bridgehead atoms. The van der Waals surface area contributed by atoms with Crippen LogP contribution >= 0.6 is 0 Å². The lowest BCUT2D eigenvalue weighted by Gasteiger charge is -2.11. The molecule has 0 aliphatic rings. The van der Waals surface area contributed by atoms with E-state index in [0.29, 0.717) is 11.3 Å². The number of nitrogens with two attached hydrogens (primary N) is 1. The van der Waals surface area contributed by atoms with Crippen molar-refractivity contribution in [3.63, 3.8) is 0 Å². The molecular weight excluding hydrogens is 176 g/mol. The third-order valence-corrected chi connectivity index (χ3v) is 2.09. The number of aromatic nitrogens is 1. The standard InChI is InChI=1S/C11H14N2O/c1-11(2,3)10-13-8-6-4-5-7(12)9(8)14-10/h4-6H,12H2,1-3H3. The molecular formula is C11H14N2O. The van der Waals surface area contributed by atoms with Gasteiger partial charge in [-0.3, -0.25) is 0 Å². The van der Waals surface area contributed by atoms with Crippen LogP contribution in [0.3, 0.4) is 0 Å². The lowest BCUT2D eigenvalue weighted by molar-refractivity contribution is 0.411. The van der Waals surface area contributed by atoms with Crippen LogP contribution in [0.2, 0.25) is 0 Å². The van der Waals surface area contributed by atoms with Gasteiger partial charge in [0.1, 0.15) is 5.52 Å². The fraction of sp³-hybridized carbons (Fsp3) is 0.364. The Morgan fingerprint density at radius 3 is 2.57 bits per heavy atom. The van der Waals surface area contributed by atoms with Crippen LogP contribution in [0, 0.1) is 0 Å². The van der Waals surface area contributed by atoms with E-state index >= 15 is 0 Å². The maximum Gasteiger partial charge on any atom is 0.200 e. The number of oxazole rings is 1. The van der Waals surface area contributed by atoms with Crippen molar-refractivity contribution >= 4 is 16.8 Å². The second-order valence-corrected chi connectivity index (χ2v) is 4.46. The monoisotopic (exact) mass is 190 g/mol. The summed E-state index contributed by atoms with van der Waals surface area (Å²) in [6.45, 7) is 6.19. The largest absolute Gasteiger partial charge is 0.438 e. The zero-order valence-electron chi connectivity index (χ0n) is 8.66. The summed E-state index contributed by atoms with van der Waals surface area (Å²) in [7, 11) is 0. The summed E-state index contributed by atoms with van der Waals surface area (Å²) in [4.78, 5) is 4.40. The van der Waals surface area contributed by atoms with Gasteiger partial charge >= 0.3 is 0 Å². The molecule has 0 atom stereocenters. The molecule has 0 unspecified atom stereocenters. The van der Waals surface area contributed by atoms with Crippen molar-refractivity contribution in [2.75, 3.05) is 5.73 Å². The van der Waals surface area contributed by atoms with Crippen molar-refractivity contribution < 1.29 is 4.42 Å². The Morgan fingerprint density at radius 1 is 1.29 bits per heavy atom. The van der Waals surface area contributed by atoms with Crippen molar-refractivity contribution in [2.24, 2.45) is 0 Å². The molecule has 0 saturated carbocycles. The SMILES string of the molecule is CC(C)(C)c1nc2cccc(N)c2o1. The molecule has 0 aliphatic heterocycles.